The highest BCUT2D eigenvalue weighted by Gasteiger charge is 2.24. The highest BCUT2D eigenvalue weighted by molar-refractivity contribution is 5.87. The Hall–Kier alpha value is -4.45. The molecule has 0 heterocycles. The molecule has 3 amide bonds. The number of Topliss-reactive ketones (excluding diaryl/α,β-unsaturated/α-hetero) is 1. The molecule has 1 unspecified atom stereocenters. The summed E-state index contributed by atoms with van der Waals surface area (Å²) >= 11 is 0. The van der Waals surface area contributed by atoms with E-state index in [-0.39, 0.29) is 60.9 Å². The van der Waals surface area contributed by atoms with Crippen molar-refractivity contribution in [3.63, 3.8) is 0 Å². The van der Waals surface area contributed by atoms with E-state index in [1.54, 1.807) is 26.1 Å². The number of ether oxygens (including phenoxy) is 1. The van der Waals surface area contributed by atoms with Crippen molar-refractivity contribution in [2.75, 3.05) is 39.8 Å². The molecular formula is C44H75N7O10. The molecule has 346 valence electrons. The van der Waals surface area contributed by atoms with Crippen molar-refractivity contribution in [3.8, 4) is 5.75 Å². The number of nitrogens with one attached hydrogen (secondary N) is 5. The maximum absolute atomic E-state index is 12.4. The van der Waals surface area contributed by atoms with Crippen LogP contribution in [0.2, 0.25) is 0 Å². The van der Waals surface area contributed by atoms with Gasteiger partial charge in [0.05, 0.1) is 29.8 Å². The number of aromatic carboxylic acids is 1. The van der Waals surface area contributed by atoms with E-state index in [0.717, 1.165) is 83.3 Å². The molecule has 0 aliphatic rings. The monoisotopic (exact) mass is 862 g/mol. The van der Waals surface area contributed by atoms with E-state index in [2.05, 4.69) is 26.6 Å². The second-order valence-electron chi connectivity index (χ2n) is 15.9. The van der Waals surface area contributed by atoms with Crippen molar-refractivity contribution < 1.29 is 48.5 Å². The molecule has 4 atom stereocenters. The molecule has 1 aromatic carbocycles. The number of hydrogen-bond acceptors (Lipinski definition) is 12. The lowest BCUT2D eigenvalue weighted by molar-refractivity contribution is -0.142. The number of hydrogen-bond donors (Lipinski definition) is 9. The first-order valence-corrected chi connectivity index (χ1v) is 22.1. The highest BCUT2D eigenvalue weighted by Crippen LogP contribution is 2.15. The number of amides is 3. The fourth-order valence-electron chi connectivity index (χ4n) is 6.65. The summed E-state index contributed by atoms with van der Waals surface area (Å²) < 4.78 is 5.65. The summed E-state index contributed by atoms with van der Waals surface area (Å²) in [5.74, 6) is -2.27. The van der Waals surface area contributed by atoms with Crippen molar-refractivity contribution in [1.82, 2.24) is 26.6 Å². The Morgan fingerprint density at radius 1 is 0.721 bits per heavy atom. The second kappa shape index (κ2) is 33.2. The zero-order chi connectivity index (χ0) is 45.3. The van der Waals surface area contributed by atoms with E-state index >= 15 is 0 Å². The van der Waals surface area contributed by atoms with Gasteiger partial charge < -0.3 is 57.8 Å². The first-order valence-electron chi connectivity index (χ1n) is 22.1. The van der Waals surface area contributed by atoms with E-state index in [1.165, 1.54) is 12.1 Å². The number of likely N-dealkylation sites (N-methyl/N-ethyl adjacent to an activating group) is 1. The van der Waals surface area contributed by atoms with Crippen LogP contribution < -0.4 is 42.8 Å². The van der Waals surface area contributed by atoms with Crippen LogP contribution in [0.4, 0.5) is 0 Å². The van der Waals surface area contributed by atoms with Crippen LogP contribution in [0.15, 0.2) is 24.3 Å². The molecule has 0 spiro atoms. The number of aliphatic carboxylic acids is 1. The number of carboxylic acids is 2. The average molecular weight is 862 g/mol. The number of unbranched alkanes of at least 4 members (excludes halogenated alkanes) is 10. The summed E-state index contributed by atoms with van der Waals surface area (Å²) in [6.45, 7) is 3.87. The maximum atomic E-state index is 12.4. The Bertz CT molecular complexity index is 1450. The molecule has 0 saturated heterocycles. The Kier molecular flexibility index (Phi) is 29.7. The Morgan fingerprint density at radius 3 is 1.95 bits per heavy atom. The van der Waals surface area contributed by atoms with E-state index in [1.807, 2.05) is 0 Å². The van der Waals surface area contributed by atoms with Gasteiger partial charge in [0.15, 0.2) is 0 Å². The molecule has 0 fully saturated rings. The van der Waals surface area contributed by atoms with Gasteiger partial charge in [0.25, 0.3) is 0 Å². The average Bonchev–Trinajstić information content (AvgIpc) is 3.23. The zero-order valence-corrected chi connectivity index (χ0v) is 36.6. The van der Waals surface area contributed by atoms with Crippen LogP contribution >= 0.6 is 0 Å². The maximum Gasteiger partial charge on any atom is 0.335 e. The zero-order valence-electron chi connectivity index (χ0n) is 36.6. The minimum Gasteiger partial charge on any atom is -0.494 e. The van der Waals surface area contributed by atoms with Crippen molar-refractivity contribution in [2.45, 2.75) is 159 Å². The van der Waals surface area contributed by atoms with Gasteiger partial charge in [-0.25, -0.2) is 9.59 Å². The molecule has 0 saturated carbocycles. The fraction of sp³-hybridized carbons (Fsp3) is 0.705. The summed E-state index contributed by atoms with van der Waals surface area (Å²) in [7, 11) is 1.76. The lowest BCUT2D eigenvalue weighted by atomic mass is 9.95. The van der Waals surface area contributed by atoms with Crippen molar-refractivity contribution in [2.24, 2.45) is 11.5 Å². The number of nitrogens with two attached hydrogens (primary N) is 2. The quantitative estimate of drug-likeness (QED) is 0.0339. The number of rotatable bonds is 39. The van der Waals surface area contributed by atoms with Gasteiger partial charge in [-0.2, -0.15) is 0 Å². The first kappa shape index (κ1) is 54.6. The number of aldehydes is 1. The predicted octanol–water partition coefficient (Wildman–Crippen LogP) is 3.36. The smallest absolute Gasteiger partial charge is 0.335 e. The van der Waals surface area contributed by atoms with E-state index in [0.29, 0.717) is 64.1 Å². The van der Waals surface area contributed by atoms with E-state index in [4.69, 9.17) is 21.3 Å². The highest BCUT2D eigenvalue weighted by atomic mass is 16.5. The first-order chi connectivity index (χ1) is 29.2. The summed E-state index contributed by atoms with van der Waals surface area (Å²) in [4.78, 5) is 82.9. The number of carbonyl (C=O) groups excluding carboxylic acids is 5. The lowest BCUT2D eigenvalue weighted by Gasteiger charge is -2.23. The van der Waals surface area contributed by atoms with Crippen LogP contribution in [-0.4, -0.2) is 115 Å². The van der Waals surface area contributed by atoms with E-state index < -0.39 is 29.6 Å². The molecule has 0 aromatic heterocycles. The van der Waals surface area contributed by atoms with Crippen LogP contribution in [0.1, 0.15) is 146 Å². The normalized spacial score (nSPS) is 13.6. The standard InChI is InChI=1S/C44H75N7O10/c1-33(53)37(47-2)18-11-14-29-50-41(56)36(45)17-10-13-27-48-31-44(46,32-52)26-12-15-28-49-39(54)25-24-38(43(59)60)51-40(55)19-9-7-5-3-4-6-8-16-30-61-35-22-20-34(21-23-35)42(57)58/h20-23,32,36-38,47-48H,3-19,24-31,45-46H2,1-2H3,(H,49,54)(H,50,56)(H,51,55)(H,57,58)(H,59,60)/t36-,37-,38-,44?/m0/s1. The molecule has 17 nitrogen and oxygen atoms in total. The van der Waals surface area contributed by atoms with Crippen LogP contribution in [0, 0.1) is 0 Å². The van der Waals surface area contributed by atoms with Crippen LogP contribution in [0.5, 0.6) is 5.75 Å². The molecule has 0 radical (unpaired) electrons. The van der Waals surface area contributed by atoms with Gasteiger partial charge in [-0.1, -0.05) is 44.9 Å². The van der Waals surface area contributed by atoms with Gasteiger partial charge in [-0.3, -0.25) is 19.2 Å². The van der Waals surface area contributed by atoms with Gasteiger partial charge in [0, 0.05) is 32.5 Å². The molecule has 0 aliphatic heterocycles. The number of carboxylic acid groups (broad SMARTS) is 2. The van der Waals surface area contributed by atoms with Gasteiger partial charge in [-0.05, 0) is 115 Å². The third kappa shape index (κ3) is 27.2. The Morgan fingerprint density at radius 2 is 1.33 bits per heavy atom. The molecule has 1 aromatic rings. The molecule has 1 rings (SSSR count). The van der Waals surface area contributed by atoms with Gasteiger partial charge >= 0.3 is 11.9 Å². The Labute approximate surface area is 362 Å². The van der Waals surface area contributed by atoms with Crippen molar-refractivity contribution in [1.29, 1.82) is 0 Å². The van der Waals surface area contributed by atoms with Crippen molar-refractivity contribution in [3.05, 3.63) is 29.8 Å². The summed E-state index contributed by atoms with van der Waals surface area (Å²) in [6.07, 6.45) is 14.4. The summed E-state index contributed by atoms with van der Waals surface area (Å²) in [6, 6.07) is 4.43. The molecule has 0 aliphatic carbocycles. The number of ketones is 1. The largest absolute Gasteiger partial charge is 0.494 e. The molecule has 0 bridgehead atoms. The molecular weight excluding hydrogens is 787 g/mol. The summed E-state index contributed by atoms with van der Waals surface area (Å²) in [5.41, 5.74) is 11.5. The van der Waals surface area contributed by atoms with Gasteiger partial charge in [0.1, 0.15) is 23.9 Å². The van der Waals surface area contributed by atoms with Crippen LogP contribution in [-0.2, 0) is 28.8 Å². The lowest BCUT2D eigenvalue weighted by Crippen LogP contribution is -2.50. The Balaban J connectivity index is 2.09. The van der Waals surface area contributed by atoms with E-state index in [9.17, 15) is 38.7 Å². The third-order valence-electron chi connectivity index (χ3n) is 10.6. The number of benzene rings is 1. The van der Waals surface area contributed by atoms with Crippen LogP contribution in [0.3, 0.4) is 0 Å². The topological polar surface area (TPSA) is 281 Å². The summed E-state index contributed by atoms with van der Waals surface area (Å²) in [5, 5.41) is 32.9. The predicted molar refractivity (Wildman–Crippen MR) is 234 cm³/mol. The minimum absolute atomic E-state index is 0.0292. The molecule has 61 heavy (non-hydrogen) atoms. The SMILES string of the molecule is CN[C@@H](CCCCNC(=O)[C@@H](N)CCCCNCC(N)(C=O)CCCCNC(=O)CC[C@H](NC(=O)CCCCCCCCCCOc1ccc(C(=O)O)cc1)C(=O)O)C(C)=O. The fourth-order valence-corrected chi connectivity index (χ4v) is 6.65. The minimum atomic E-state index is -1.19. The van der Waals surface area contributed by atoms with Crippen molar-refractivity contribution >= 4 is 41.7 Å². The van der Waals surface area contributed by atoms with Gasteiger partial charge in [0.2, 0.25) is 17.7 Å². The molecule has 11 N–H and O–H groups in total. The third-order valence-corrected chi connectivity index (χ3v) is 10.6. The van der Waals surface area contributed by atoms with Crippen LogP contribution in [0.25, 0.3) is 0 Å². The number of carbonyl (C=O) groups is 7. The second-order valence-corrected chi connectivity index (χ2v) is 15.9. The molecule has 17 heteroatoms. The van der Waals surface area contributed by atoms with Gasteiger partial charge in [-0.15, -0.1) is 0 Å².